The third-order valence-electron chi connectivity index (χ3n) is 3.61. The van der Waals surface area contributed by atoms with Crippen molar-refractivity contribution < 1.29 is 9.90 Å². The van der Waals surface area contributed by atoms with E-state index in [1.807, 2.05) is 61.5 Å². The van der Waals surface area contributed by atoms with E-state index in [-0.39, 0.29) is 23.9 Å². The van der Waals surface area contributed by atoms with E-state index in [0.717, 1.165) is 11.3 Å². The van der Waals surface area contributed by atoms with Gasteiger partial charge in [0.25, 0.3) is 5.91 Å². The lowest BCUT2D eigenvalue weighted by Crippen LogP contribution is -2.24. The Balaban J connectivity index is 1.76. The fourth-order valence-corrected chi connectivity index (χ4v) is 2.27. The van der Waals surface area contributed by atoms with Crippen LogP contribution in [-0.4, -0.2) is 26.0 Å². The van der Waals surface area contributed by atoms with Gasteiger partial charge in [0.2, 0.25) is 0 Å². The first-order chi connectivity index (χ1) is 11.7. The number of nitrogens with one attached hydrogen (secondary N) is 1. The molecule has 24 heavy (non-hydrogen) atoms. The summed E-state index contributed by atoms with van der Waals surface area (Å²) >= 11 is 0. The third kappa shape index (κ3) is 3.49. The van der Waals surface area contributed by atoms with E-state index < -0.39 is 0 Å². The molecule has 1 aromatic heterocycles. The van der Waals surface area contributed by atoms with Crippen molar-refractivity contribution in [2.75, 3.05) is 0 Å². The fourth-order valence-electron chi connectivity index (χ4n) is 2.27. The maximum Gasteiger partial charge on any atom is 0.274 e. The van der Waals surface area contributed by atoms with E-state index in [1.165, 1.54) is 10.4 Å². The third-order valence-corrected chi connectivity index (χ3v) is 3.61. The zero-order chi connectivity index (χ0) is 16.9. The predicted molar refractivity (Wildman–Crippen MR) is 89.6 cm³/mol. The second-order valence-corrected chi connectivity index (χ2v) is 5.45. The summed E-state index contributed by atoms with van der Waals surface area (Å²) in [5.74, 6) is -0.359. The number of aromatic nitrogens is 3. The highest BCUT2D eigenvalue weighted by atomic mass is 16.3. The molecule has 0 saturated carbocycles. The number of rotatable bonds is 5. The van der Waals surface area contributed by atoms with Crippen molar-refractivity contribution in [3.63, 3.8) is 0 Å². The van der Waals surface area contributed by atoms with Gasteiger partial charge in [-0.1, -0.05) is 48.0 Å². The van der Waals surface area contributed by atoms with Crippen LogP contribution in [0.4, 0.5) is 0 Å². The summed E-state index contributed by atoms with van der Waals surface area (Å²) < 4.78 is 0. The lowest BCUT2D eigenvalue weighted by Gasteiger charge is -2.04. The van der Waals surface area contributed by atoms with Crippen molar-refractivity contribution >= 4 is 5.91 Å². The van der Waals surface area contributed by atoms with Gasteiger partial charge in [-0.3, -0.25) is 4.79 Å². The van der Waals surface area contributed by atoms with Crippen molar-refractivity contribution in [2.24, 2.45) is 0 Å². The average molecular weight is 322 g/mol. The van der Waals surface area contributed by atoms with Crippen molar-refractivity contribution in [1.82, 2.24) is 20.3 Å². The monoisotopic (exact) mass is 322 g/mol. The minimum Gasteiger partial charge on any atom is -0.390 e. The SMILES string of the molecule is Cc1ccc(CNC(=O)c2nn(-c3ccccc3)nc2CO)cc1. The van der Waals surface area contributed by atoms with Crippen LogP contribution < -0.4 is 5.32 Å². The molecule has 0 aliphatic carbocycles. The molecule has 0 unspecified atom stereocenters. The molecule has 0 aliphatic heterocycles. The van der Waals surface area contributed by atoms with E-state index in [1.54, 1.807) is 0 Å². The number of carbonyl (C=O) groups excluding carboxylic acids is 1. The number of nitrogens with zero attached hydrogens (tertiary/aromatic N) is 3. The highest BCUT2D eigenvalue weighted by Gasteiger charge is 2.18. The van der Waals surface area contributed by atoms with Gasteiger partial charge < -0.3 is 10.4 Å². The normalized spacial score (nSPS) is 10.6. The quantitative estimate of drug-likeness (QED) is 0.753. The van der Waals surface area contributed by atoms with E-state index >= 15 is 0 Å². The van der Waals surface area contributed by atoms with Gasteiger partial charge in [-0.2, -0.15) is 4.80 Å². The molecule has 0 fully saturated rings. The molecular formula is C18H18N4O2. The van der Waals surface area contributed by atoms with E-state index in [4.69, 9.17) is 0 Å². The van der Waals surface area contributed by atoms with Crippen LogP contribution >= 0.6 is 0 Å². The number of benzene rings is 2. The Kier molecular flexibility index (Phi) is 4.67. The van der Waals surface area contributed by atoms with Gasteiger partial charge in [-0.05, 0) is 24.6 Å². The topological polar surface area (TPSA) is 80.0 Å². The lowest BCUT2D eigenvalue weighted by atomic mass is 10.1. The second-order valence-electron chi connectivity index (χ2n) is 5.45. The van der Waals surface area contributed by atoms with Gasteiger partial charge in [-0.25, -0.2) is 0 Å². The predicted octanol–water partition coefficient (Wildman–Crippen LogP) is 2.00. The van der Waals surface area contributed by atoms with Gasteiger partial charge in [0.1, 0.15) is 5.69 Å². The number of aryl methyl sites for hydroxylation is 1. The molecular weight excluding hydrogens is 304 g/mol. The smallest absolute Gasteiger partial charge is 0.274 e. The number of hydrogen-bond acceptors (Lipinski definition) is 4. The highest BCUT2D eigenvalue weighted by Crippen LogP contribution is 2.10. The standard InChI is InChI=1S/C18H18N4O2/c1-13-7-9-14(10-8-13)11-19-18(24)17-16(12-23)20-22(21-17)15-5-3-2-4-6-15/h2-10,23H,11-12H2,1H3,(H,19,24). The maximum atomic E-state index is 12.4. The van der Waals surface area contributed by atoms with Gasteiger partial charge in [0, 0.05) is 6.54 Å². The molecule has 1 heterocycles. The first-order valence-corrected chi connectivity index (χ1v) is 7.63. The Morgan fingerprint density at radius 3 is 2.46 bits per heavy atom. The van der Waals surface area contributed by atoms with E-state index in [2.05, 4.69) is 15.5 Å². The average Bonchev–Trinajstić information content (AvgIpc) is 3.06. The summed E-state index contributed by atoms with van der Waals surface area (Å²) in [4.78, 5) is 13.7. The molecule has 0 atom stereocenters. The van der Waals surface area contributed by atoms with Crippen LogP contribution in [0, 0.1) is 6.92 Å². The lowest BCUT2D eigenvalue weighted by molar-refractivity contribution is 0.0942. The minimum atomic E-state index is -0.359. The molecule has 122 valence electrons. The van der Waals surface area contributed by atoms with Crippen LogP contribution in [0.5, 0.6) is 0 Å². The zero-order valence-corrected chi connectivity index (χ0v) is 13.3. The summed E-state index contributed by atoms with van der Waals surface area (Å²) in [5.41, 5.74) is 3.27. The molecule has 6 nitrogen and oxygen atoms in total. The minimum absolute atomic E-state index is 0.133. The summed E-state index contributed by atoms with van der Waals surface area (Å²) in [6.45, 7) is 2.06. The molecule has 0 saturated heterocycles. The Morgan fingerprint density at radius 2 is 1.79 bits per heavy atom. The fraction of sp³-hybridized carbons (Fsp3) is 0.167. The molecule has 6 heteroatoms. The molecule has 3 rings (SSSR count). The molecule has 0 spiro atoms. The molecule has 2 N–H and O–H groups in total. The number of hydrogen-bond donors (Lipinski definition) is 2. The Bertz CT molecular complexity index is 826. The van der Waals surface area contributed by atoms with Crippen LogP contribution in [0.1, 0.15) is 27.3 Å². The first-order valence-electron chi connectivity index (χ1n) is 7.63. The number of para-hydroxylation sites is 1. The van der Waals surface area contributed by atoms with Gasteiger partial charge in [0.05, 0.1) is 12.3 Å². The number of amides is 1. The summed E-state index contributed by atoms with van der Waals surface area (Å²) in [5, 5.41) is 20.6. The summed E-state index contributed by atoms with van der Waals surface area (Å²) in [7, 11) is 0. The van der Waals surface area contributed by atoms with Crippen LogP contribution in [0.2, 0.25) is 0 Å². The van der Waals surface area contributed by atoms with Crippen molar-refractivity contribution in [3.8, 4) is 5.69 Å². The molecule has 1 amide bonds. The molecule has 0 radical (unpaired) electrons. The molecule has 2 aromatic carbocycles. The Morgan fingerprint density at radius 1 is 1.08 bits per heavy atom. The van der Waals surface area contributed by atoms with Gasteiger partial charge >= 0.3 is 0 Å². The first kappa shape index (κ1) is 15.9. The van der Waals surface area contributed by atoms with Crippen molar-refractivity contribution in [1.29, 1.82) is 0 Å². The number of carbonyl (C=O) groups is 1. The zero-order valence-electron chi connectivity index (χ0n) is 13.3. The van der Waals surface area contributed by atoms with E-state index in [0.29, 0.717) is 6.54 Å². The van der Waals surface area contributed by atoms with Crippen LogP contribution in [0.15, 0.2) is 54.6 Å². The number of aliphatic hydroxyl groups excluding tert-OH is 1. The van der Waals surface area contributed by atoms with Gasteiger partial charge in [0.15, 0.2) is 5.69 Å². The van der Waals surface area contributed by atoms with Crippen LogP contribution in [0.3, 0.4) is 0 Å². The maximum absolute atomic E-state index is 12.4. The molecule has 0 aliphatic rings. The highest BCUT2D eigenvalue weighted by molar-refractivity contribution is 5.93. The molecule has 3 aromatic rings. The second kappa shape index (κ2) is 7.06. The molecule has 0 bridgehead atoms. The van der Waals surface area contributed by atoms with Gasteiger partial charge in [-0.15, -0.1) is 10.2 Å². The summed E-state index contributed by atoms with van der Waals surface area (Å²) in [6.07, 6.45) is 0. The number of aliphatic hydroxyl groups is 1. The van der Waals surface area contributed by atoms with Crippen LogP contribution in [-0.2, 0) is 13.2 Å². The van der Waals surface area contributed by atoms with Crippen molar-refractivity contribution in [2.45, 2.75) is 20.1 Å². The van der Waals surface area contributed by atoms with E-state index in [9.17, 15) is 9.90 Å². The largest absolute Gasteiger partial charge is 0.390 e. The van der Waals surface area contributed by atoms with Crippen LogP contribution in [0.25, 0.3) is 5.69 Å². The Labute approximate surface area is 139 Å². The van der Waals surface area contributed by atoms with Crippen molar-refractivity contribution in [3.05, 3.63) is 77.1 Å². The summed E-state index contributed by atoms with van der Waals surface area (Å²) in [6, 6.07) is 17.2. The Hall–Kier alpha value is -2.99.